The quantitative estimate of drug-likeness (QED) is 0.892. The molecule has 1 heterocycles. The normalized spacial score (nSPS) is 20.0. The molecule has 0 spiro atoms. The standard InChI is InChI=1S/C13H18N2O3S/c1-10-3-5-12(6-4-10)15-9-11(7-13(15)16)8-14-19(2,17)18/h3-6,11,14H,7-9H2,1-2H3. The van der Waals surface area contributed by atoms with Crippen molar-refractivity contribution in [2.24, 2.45) is 5.92 Å². The third-order valence-corrected chi connectivity index (χ3v) is 3.88. The van der Waals surface area contributed by atoms with Crippen LogP contribution in [0.1, 0.15) is 12.0 Å². The summed E-state index contributed by atoms with van der Waals surface area (Å²) >= 11 is 0. The van der Waals surface area contributed by atoms with E-state index in [4.69, 9.17) is 0 Å². The van der Waals surface area contributed by atoms with Crippen LogP contribution in [0, 0.1) is 12.8 Å². The second-order valence-corrected chi connectivity index (χ2v) is 6.86. The molecule has 0 bridgehead atoms. The number of carbonyl (C=O) groups is 1. The Morgan fingerprint density at radius 1 is 1.32 bits per heavy atom. The smallest absolute Gasteiger partial charge is 0.227 e. The molecule has 1 saturated heterocycles. The summed E-state index contributed by atoms with van der Waals surface area (Å²) in [6.45, 7) is 2.87. The predicted octanol–water partition coefficient (Wildman–Crippen LogP) is 0.897. The lowest BCUT2D eigenvalue weighted by Crippen LogP contribution is -2.30. The average Bonchev–Trinajstić information content (AvgIpc) is 2.68. The summed E-state index contributed by atoms with van der Waals surface area (Å²) in [5, 5.41) is 0. The topological polar surface area (TPSA) is 66.5 Å². The number of rotatable bonds is 4. The molecule has 1 aliphatic rings. The molecule has 1 fully saturated rings. The molecule has 0 aliphatic carbocycles. The van der Waals surface area contributed by atoms with Gasteiger partial charge in [-0.2, -0.15) is 0 Å². The van der Waals surface area contributed by atoms with Gasteiger partial charge < -0.3 is 4.90 Å². The van der Waals surface area contributed by atoms with Crippen LogP contribution in [0.2, 0.25) is 0 Å². The van der Waals surface area contributed by atoms with Crippen LogP contribution in [0.25, 0.3) is 0 Å². The minimum atomic E-state index is -3.20. The molecule has 1 unspecified atom stereocenters. The molecule has 1 amide bonds. The number of amides is 1. The lowest BCUT2D eigenvalue weighted by atomic mass is 10.1. The maximum atomic E-state index is 11.9. The summed E-state index contributed by atoms with van der Waals surface area (Å²) in [6.07, 6.45) is 1.51. The van der Waals surface area contributed by atoms with Crippen molar-refractivity contribution in [2.45, 2.75) is 13.3 Å². The van der Waals surface area contributed by atoms with Crippen molar-refractivity contribution in [1.82, 2.24) is 4.72 Å². The number of hydrogen-bond donors (Lipinski definition) is 1. The number of hydrogen-bond acceptors (Lipinski definition) is 3. The Morgan fingerprint density at radius 3 is 2.53 bits per heavy atom. The average molecular weight is 282 g/mol. The summed E-state index contributed by atoms with van der Waals surface area (Å²) < 4.78 is 24.6. The maximum Gasteiger partial charge on any atom is 0.227 e. The Balaban J connectivity index is 2.01. The van der Waals surface area contributed by atoms with E-state index in [9.17, 15) is 13.2 Å². The number of anilines is 1. The van der Waals surface area contributed by atoms with E-state index in [0.29, 0.717) is 19.5 Å². The second kappa shape index (κ2) is 5.30. The number of carbonyl (C=O) groups excluding carboxylic acids is 1. The summed E-state index contributed by atoms with van der Waals surface area (Å²) in [6, 6.07) is 7.76. The van der Waals surface area contributed by atoms with Gasteiger partial charge in [0.1, 0.15) is 0 Å². The highest BCUT2D eigenvalue weighted by Gasteiger charge is 2.30. The molecule has 5 nitrogen and oxygen atoms in total. The van der Waals surface area contributed by atoms with Gasteiger partial charge in [0.15, 0.2) is 0 Å². The molecule has 0 aromatic heterocycles. The van der Waals surface area contributed by atoms with Crippen molar-refractivity contribution < 1.29 is 13.2 Å². The molecular formula is C13H18N2O3S. The van der Waals surface area contributed by atoms with Crippen LogP contribution >= 0.6 is 0 Å². The van der Waals surface area contributed by atoms with Crippen LogP contribution in [0.5, 0.6) is 0 Å². The summed E-state index contributed by atoms with van der Waals surface area (Å²) in [5.41, 5.74) is 2.02. The van der Waals surface area contributed by atoms with Crippen LogP contribution in [0.3, 0.4) is 0 Å². The molecule has 1 atom stereocenters. The zero-order valence-corrected chi connectivity index (χ0v) is 11.9. The Morgan fingerprint density at radius 2 is 1.95 bits per heavy atom. The van der Waals surface area contributed by atoms with Gasteiger partial charge in [0, 0.05) is 25.2 Å². The lowest BCUT2D eigenvalue weighted by molar-refractivity contribution is -0.117. The zero-order chi connectivity index (χ0) is 14.0. The molecule has 0 saturated carbocycles. The minimum absolute atomic E-state index is 0.0310. The van der Waals surface area contributed by atoms with Gasteiger partial charge in [-0.1, -0.05) is 17.7 Å². The number of nitrogens with one attached hydrogen (secondary N) is 1. The van der Waals surface area contributed by atoms with E-state index in [0.717, 1.165) is 17.5 Å². The summed E-state index contributed by atoms with van der Waals surface area (Å²) in [7, 11) is -3.20. The first-order chi connectivity index (χ1) is 8.85. The van der Waals surface area contributed by atoms with E-state index < -0.39 is 10.0 Å². The molecule has 19 heavy (non-hydrogen) atoms. The predicted molar refractivity (Wildman–Crippen MR) is 74.5 cm³/mol. The Kier molecular flexibility index (Phi) is 3.91. The fraction of sp³-hybridized carbons (Fsp3) is 0.462. The number of benzene rings is 1. The Bertz CT molecular complexity index is 566. The van der Waals surface area contributed by atoms with Gasteiger partial charge in [-0.25, -0.2) is 13.1 Å². The molecule has 1 N–H and O–H groups in total. The van der Waals surface area contributed by atoms with E-state index in [-0.39, 0.29) is 11.8 Å². The second-order valence-electron chi connectivity index (χ2n) is 5.03. The molecule has 6 heteroatoms. The van der Waals surface area contributed by atoms with Gasteiger partial charge in [0.25, 0.3) is 0 Å². The first kappa shape index (κ1) is 14.0. The lowest BCUT2D eigenvalue weighted by Gasteiger charge is -2.17. The zero-order valence-electron chi connectivity index (χ0n) is 11.1. The first-order valence-electron chi connectivity index (χ1n) is 6.17. The van der Waals surface area contributed by atoms with Crippen molar-refractivity contribution in [3.8, 4) is 0 Å². The summed E-state index contributed by atoms with van der Waals surface area (Å²) in [5.74, 6) is 0.0766. The Hall–Kier alpha value is -1.40. The van der Waals surface area contributed by atoms with Gasteiger partial charge in [0.2, 0.25) is 15.9 Å². The van der Waals surface area contributed by atoms with Crippen LogP contribution in [-0.4, -0.2) is 33.7 Å². The van der Waals surface area contributed by atoms with Crippen molar-refractivity contribution in [3.05, 3.63) is 29.8 Å². The van der Waals surface area contributed by atoms with E-state index in [1.807, 2.05) is 31.2 Å². The van der Waals surface area contributed by atoms with E-state index in [2.05, 4.69) is 4.72 Å². The SMILES string of the molecule is Cc1ccc(N2CC(CNS(C)(=O)=O)CC2=O)cc1. The van der Waals surface area contributed by atoms with Crippen molar-refractivity contribution >= 4 is 21.6 Å². The van der Waals surface area contributed by atoms with E-state index in [1.165, 1.54) is 0 Å². The van der Waals surface area contributed by atoms with E-state index in [1.54, 1.807) is 4.90 Å². The van der Waals surface area contributed by atoms with Crippen LogP contribution in [0.15, 0.2) is 24.3 Å². The number of nitrogens with zero attached hydrogens (tertiary/aromatic N) is 1. The van der Waals surface area contributed by atoms with Crippen LogP contribution in [-0.2, 0) is 14.8 Å². The summed E-state index contributed by atoms with van der Waals surface area (Å²) in [4.78, 5) is 13.7. The molecule has 104 valence electrons. The van der Waals surface area contributed by atoms with Crippen molar-refractivity contribution in [3.63, 3.8) is 0 Å². The highest BCUT2D eigenvalue weighted by Crippen LogP contribution is 2.24. The monoisotopic (exact) mass is 282 g/mol. The van der Waals surface area contributed by atoms with Gasteiger partial charge in [0.05, 0.1) is 6.26 Å². The highest BCUT2D eigenvalue weighted by molar-refractivity contribution is 7.88. The molecule has 1 aromatic rings. The van der Waals surface area contributed by atoms with Gasteiger partial charge >= 0.3 is 0 Å². The number of sulfonamides is 1. The molecule has 2 rings (SSSR count). The fourth-order valence-electron chi connectivity index (χ4n) is 2.16. The third-order valence-electron chi connectivity index (χ3n) is 3.18. The van der Waals surface area contributed by atoms with E-state index >= 15 is 0 Å². The largest absolute Gasteiger partial charge is 0.312 e. The van der Waals surface area contributed by atoms with Gasteiger partial charge in [-0.15, -0.1) is 0 Å². The Labute approximate surface area is 113 Å². The van der Waals surface area contributed by atoms with Gasteiger partial charge in [-0.3, -0.25) is 4.79 Å². The maximum absolute atomic E-state index is 11.9. The minimum Gasteiger partial charge on any atom is -0.312 e. The molecule has 1 aliphatic heterocycles. The third kappa shape index (κ3) is 3.78. The molecule has 1 aromatic carbocycles. The highest BCUT2D eigenvalue weighted by atomic mass is 32.2. The van der Waals surface area contributed by atoms with Crippen molar-refractivity contribution in [1.29, 1.82) is 0 Å². The number of aryl methyl sites for hydroxylation is 1. The van der Waals surface area contributed by atoms with Gasteiger partial charge in [-0.05, 0) is 25.0 Å². The molecular weight excluding hydrogens is 264 g/mol. The van der Waals surface area contributed by atoms with Crippen molar-refractivity contribution in [2.75, 3.05) is 24.2 Å². The first-order valence-corrected chi connectivity index (χ1v) is 8.06. The van der Waals surface area contributed by atoms with Crippen LogP contribution < -0.4 is 9.62 Å². The molecule has 0 radical (unpaired) electrons. The van der Waals surface area contributed by atoms with Crippen LogP contribution in [0.4, 0.5) is 5.69 Å². The fourth-order valence-corrected chi connectivity index (χ4v) is 2.70.